The second kappa shape index (κ2) is 7.51. The fourth-order valence-corrected chi connectivity index (χ4v) is 2.50. The van der Waals surface area contributed by atoms with Gasteiger partial charge < -0.3 is 10.1 Å². The van der Waals surface area contributed by atoms with E-state index >= 15 is 0 Å². The summed E-state index contributed by atoms with van der Waals surface area (Å²) in [6, 6.07) is 14.9. The normalized spacial score (nSPS) is 12.0. The van der Waals surface area contributed by atoms with E-state index in [9.17, 15) is 0 Å². The molecule has 2 nitrogen and oxygen atoms in total. The van der Waals surface area contributed by atoms with Crippen molar-refractivity contribution in [3.63, 3.8) is 0 Å². The topological polar surface area (TPSA) is 21.3 Å². The first-order valence-corrected chi connectivity index (χ1v) is 8.15. The zero-order chi connectivity index (χ0) is 15.2. The summed E-state index contributed by atoms with van der Waals surface area (Å²) in [4.78, 5) is 0. The maximum Gasteiger partial charge on any atom is 0.119 e. The highest BCUT2D eigenvalue weighted by molar-refractivity contribution is 9.10. The number of hydrogen-bond acceptors (Lipinski definition) is 2. The minimum atomic E-state index is 0.248. The first kappa shape index (κ1) is 15.9. The predicted molar refractivity (Wildman–Crippen MR) is 93.1 cm³/mol. The molecule has 0 saturated carbocycles. The van der Waals surface area contributed by atoms with Gasteiger partial charge in [0, 0.05) is 16.2 Å². The minimum Gasteiger partial charge on any atom is -0.494 e. The van der Waals surface area contributed by atoms with E-state index in [1.54, 1.807) is 0 Å². The van der Waals surface area contributed by atoms with E-state index < -0.39 is 0 Å². The van der Waals surface area contributed by atoms with Crippen LogP contribution in [0.25, 0.3) is 0 Å². The summed E-state index contributed by atoms with van der Waals surface area (Å²) < 4.78 is 6.71. The summed E-state index contributed by atoms with van der Waals surface area (Å²) in [6.07, 6.45) is 1.03. The summed E-state index contributed by atoms with van der Waals surface area (Å²) in [7, 11) is 0. The molecule has 2 rings (SSSR count). The molecule has 0 aliphatic heterocycles. The quantitative estimate of drug-likeness (QED) is 0.721. The Balaban J connectivity index is 2.05. The lowest BCUT2D eigenvalue weighted by atomic mass is 10.1. The maximum atomic E-state index is 5.62. The van der Waals surface area contributed by atoms with Gasteiger partial charge in [-0.15, -0.1) is 0 Å². The highest BCUT2D eigenvalue weighted by atomic mass is 79.9. The van der Waals surface area contributed by atoms with Crippen molar-refractivity contribution in [2.75, 3.05) is 11.9 Å². The van der Waals surface area contributed by atoms with Gasteiger partial charge in [0.2, 0.25) is 0 Å². The van der Waals surface area contributed by atoms with Crippen molar-refractivity contribution in [3.05, 3.63) is 58.1 Å². The van der Waals surface area contributed by atoms with E-state index in [1.807, 2.05) is 12.1 Å². The van der Waals surface area contributed by atoms with Crippen LogP contribution >= 0.6 is 15.9 Å². The van der Waals surface area contributed by atoms with Gasteiger partial charge in [0.25, 0.3) is 0 Å². The number of nitrogens with one attached hydrogen (secondary N) is 1. The van der Waals surface area contributed by atoms with Crippen molar-refractivity contribution < 1.29 is 4.74 Å². The molecule has 1 atom stereocenters. The molecule has 1 unspecified atom stereocenters. The van der Waals surface area contributed by atoms with Crippen LogP contribution in [0, 0.1) is 6.92 Å². The third-order valence-corrected chi connectivity index (χ3v) is 3.92. The second-order valence-electron chi connectivity index (χ2n) is 5.24. The van der Waals surface area contributed by atoms with Gasteiger partial charge in [0.05, 0.1) is 6.61 Å². The molecule has 3 heteroatoms. The SMILES string of the molecule is CCCOc1ccc(C(C)Nc2cc(Br)ccc2C)cc1. The predicted octanol–water partition coefficient (Wildman–Crippen LogP) is 5.72. The van der Waals surface area contributed by atoms with Crippen LogP contribution in [-0.4, -0.2) is 6.61 Å². The van der Waals surface area contributed by atoms with Crippen LogP contribution in [0.4, 0.5) is 5.69 Å². The first-order chi connectivity index (χ1) is 10.1. The van der Waals surface area contributed by atoms with Gasteiger partial charge in [-0.2, -0.15) is 0 Å². The molecule has 0 fully saturated rings. The van der Waals surface area contributed by atoms with Crippen molar-refractivity contribution in [2.45, 2.75) is 33.2 Å². The summed E-state index contributed by atoms with van der Waals surface area (Å²) in [5.74, 6) is 0.937. The van der Waals surface area contributed by atoms with E-state index in [4.69, 9.17) is 4.74 Å². The Morgan fingerprint density at radius 1 is 1.14 bits per heavy atom. The zero-order valence-electron chi connectivity index (χ0n) is 12.8. The molecule has 0 bridgehead atoms. The molecule has 0 saturated heterocycles. The highest BCUT2D eigenvalue weighted by Crippen LogP contribution is 2.26. The Morgan fingerprint density at radius 2 is 1.86 bits per heavy atom. The number of hydrogen-bond donors (Lipinski definition) is 1. The molecular weight excluding hydrogens is 326 g/mol. The Morgan fingerprint density at radius 3 is 2.52 bits per heavy atom. The van der Waals surface area contributed by atoms with Crippen LogP contribution in [0.15, 0.2) is 46.9 Å². The molecule has 2 aromatic carbocycles. The van der Waals surface area contributed by atoms with Gasteiger partial charge in [-0.3, -0.25) is 0 Å². The maximum absolute atomic E-state index is 5.62. The fourth-order valence-electron chi connectivity index (χ4n) is 2.14. The molecule has 0 aliphatic rings. The average Bonchev–Trinajstić information content (AvgIpc) is 2.49. The smallest absolute Gasteiger partial charge is 0.119 e. The van der Waals surface area contributed by atoms with Crippen LogP contribution < -0.4 is 10.1 Å². The molecule has 0 spiro atoms. The number of benzene rings is 2. The monoisotopic (exact) mass is 347 g/mol. The molecule has 2 aromatic rings. The number of ether oxygens (including phenoxy) is 1. The van der Waals surface area contributed by atoms with Crippen LogP contribution in [0.3, 0.4) is 0 Å². The third kappa shape index (κ3) is 4.50. The van der Waals surface area contributed by atoms with Gasteiger partial charge in [-0.25, -0.2) is 0 Å². The lowest BCUT2D eigenvalue weighted by Gasteiger charge is -2.18. The molecule has 0 heterocycles. The summed E-state index contributed by atoms with van der Waals surface area (Å²) in [5.41, 5.74) is 3.65. The largest absolute Gasteiger partial charge is 0.494 e. The second-order valence-corrected chi connectivity index (χ2v) is 6.16. The Bertz CT molecular complexity index is 580. The summed E-state index contributed by atoms with van der Waals surface area (Å²) in [5, 5.41) is 3.56. The van der Waals surface area contributed by atoms with E-state index in [0.29, 0.717) is 0 Å². The number of halogens is 1. The molecule has 1 N–H and O–H groups in total. The number of anilines is 1. The number of aryl methyl sites for hydroxylation is 1. The van der Waals surface area contributed by atoms with Crippen molar-refractivity contribution in [1.82, 2.24) is 0 Å². The minimum absolute atomic E-state index is 0.248. The van der Waals surface area contributed by atoms with Crippen molar-refractivity contribution in [3.8, 4) is 5.75 Å². The first-order valence-electron chi connectivity index (χ1n) is 7.35. The van der Waals surface area contributed by atoms with Crippen LogP contribution in [0.5, 0.6) is 5.75 Å². The average molecular weight is 348 g/mol. The highest BCUT2D eigenvalue weighted by Gasteiger charge is 2.07. The van der Waals surface area contributed by atoms with E-state index in [2.05, 4.69) is 72.3 Å². The van der Waals surface area contributed by atoms with E-state index in [1.165, 1.54) is 11.1 Å². The van der Waals surface area contributed by atoms with Gasteiger partial charge in [-0.05, 0) is 55.7 Å². The Hall–Kier alpha value is -1.48. The van der Waals surface area contributed by atoms with Crippen molar-refractivity contribution in [1.29, 1.82) is 0 Å². The lowest BCUT2D eigenvalue weighted by molar-refractivity contribution is 0.317. The fraction of sp³-hybridized carbons (Fsp3) is 0.333. The Kier molecular flexibility index (Phi) is 5.68. The molecule has 0 aromatic heterocycles. The standard InChI is InChI=1S/C18H22BrNO/c1-4-11-21-17-9-6-15(7-10-17)14(3)20-18-12-16(19)8-5-13(18)2/h5-10,12,14,20H,4,11H2,1-3H3. The molecule has 0 amide bonds. The van der Waals surface area contributed by atoms with Gasteiger partial charge in [-0.1, -0.05) is 41.1 Å². The lowest BCUT2D eigenvalue weighted by Crippen LogP contribution is -2.07. The van der Waals surface area contributed by atoms with Crippen LogP contribution in [0.2, 0.25) is 0 Å². The van der Waals surface area contributed by atoms with Gasteiger partial charge in [0.1, 0.15) is 5.75 Å². The Labute approximate surface area is 135 Å². The van der Waals surface area contributed by atoms with Gasteiger partial charge in [0.15, 0.2) is 0 Å². The molecule has 21 heavy (non-hydrogen) atoms. The van der Waals surface area contributed by atoms with Crippen molar-refractivity contribution >= 4 is 21.6 Å². The molecular formula is C18H22BrNO. The molecule has 0 radical (unpaired) electrons. The number of rotatable bonds is 6. The van der Waals surface area contributed by atoms with Crippen molar-refractivity contribution in [2.24, 2.45) is 0 Å². The van der Waals surface area contributed by atoms with E-state index in [-0.39, 0.29) is 6.04 Å². The van der Waals surface area contributed by atoms with E-state index in [0.717, 1.165) is 28.9 Å². The molecule has 112 valence electrons. The summed E-state index contributed by atoms with van der Waals surface area (Å²) >= 11 is 3.52. The third-order valence-electron chi connectivity index (χ3n) is 3.42. The molecule has 0 aliphatic carbocycles. The van der Waals surface area contributed by atoms with Crippen LogP contribution in [0.1, 0.15) is 37.4 Å². The summed E-state index contributed by atoms with van der Waals surface area (Å²) in [6.45, 7) is 7.16. The van der Waals surface area contributed by atoms with Crippen LogP contribution in [-0.2, 0) is 0 Å². The zero-order valence-corrected chi connectivity index (χ0v) is 14.4. The van der Waals surface area contributed by atoms with Gasteiger partial charge >= 0.3 is 0 Å².